The molecule has 1 rings (SSSR count). The summed E-state index contributed by atoms with van der Waals surface area (Å²) in [7, 11) is 1.65. The second-order valence-corrected chi connectivity index (χ2v) is 7.08. The maximum Gasteiger partial charge on any atom is 0.193 e. The highest BCUT2D eigenvalue weighted by Gasteiger charge is 2.17. The number of methoxy groups -OCH3 is 1. The quantitative estimate of drug-likeness (QED) is 0.304. The molecule has 0 bridgehead atoms. The van der Waals surface area contributed by atoms with Crippen LogP contribution in [0.1, 0.15) is 89.0 Å². The summed E-state index contributed by atoms with van der Waals surface area (Å²) < 4.78 is 5.17. The highest BCUT2D eigenvalue weighted by molar-refractivity contribution is 7.96. The van der Waals surface area contributed by atoms with E-state index in [9.17, 15) is 4.79 Å². The van der Waals surface area contributed by atoms with Crippen molar-refractivity contribution in [2.45, 2.75) is 83.5 Å². The van der Waals surface area contributed by atoms with Gasteiger partial charge in [-0.2, -0.15) is 0 Å². The minimum absolute atomic E-state index is 0.0314. The Morgan fingerprint density at radius 2 is 1.42 bits per heavy atom. The Morgan fingerprint density at radius 3 is 1.88 bits per heavy atom. The van der Waals surface area contributed by atoms with Crippen LogP contribution in [-0.2, 0) is 4.79 Å². The number of benzene rings is 1. The summed E-state index contributed by atoms with van der Waals surface area (Å²) in [5.41, 5.74) is 1.05. The van der Waals surface area contributed by atoms with E-state index in [0.717, 1.165) is 24.2 Å². The van der Waals surface area contributed by atoms with Gasteiger partial charge in [-0.15, -0.1) is 12.6 Å². The molecule has 0 aromatic heterocycles. The standard InChI is InChI=1S/C21H34O2S/c1-3-4-5-6-7-8-9-10-11-12-13-20(21(22)24)18-14-16-19(23-2)17-15-18/h14-17,20H,3-13H2,1-2H3,(H,22,24). The van der Waals surface area contributed by atoms with Gasteiger partial charge >= 0.3 is 0 Å². The van der Waals surface area contributed by atoms with E-state index >= 15 is 0 Å². The van der Waals surface area contributed by atoms with Gasteiger partial charge < -0.3 is 4.74 Å². The molecule has 0 aliphatic heterocycles. The highest BCUT2D eigenvalue weighted by atomic mass is 32.1. The lowest BCUT2D eigenvalue weighted by Crippen LogP contribution is -2.07. The number of hydrogen-bond donors (Lipinski definition) is 1. The van der Waals surface area contributed by atoms with E-state index in [1.54, 1.807) is 7.11 Å². The van der Waals surface area contributed by atoms with E-state index in [1.165, 1.54) is 57.8 Å². The largest absolute Gasteiger partial charge is 0.497 e. The predicted molar refractivity (Wildman–Crippen MR) is 106 cm³/mol. The number of unbranched alkanes of at least 4 members (excludes halogenated alkanes) is 9. The van der Waals surface area contributed by atoms with Crippen LogP contribution in [0, 0.1) is 0 Å². The lowest BCUT2D eigenvalue weighted by Gasteiger charge is -2.14. The zero-order chi connectivity index (χ0) is 17.6. The third kappa shape index (κ3) is 8.77. The normalized spacial score (nSPS) is 12.1. The van der Waals surface area contributed by atoms with Crippen LogP contribution in [0.4, 0.5) is 0 Å². The molecule has 0 amide bonds. The van der Waals surface area contributed by atoms with Crippen molar-refractivity contribution in [1.82, 2.24) is 0 Å². The zero-order valence-corrected chi connectivity index (χ0v) is 16.3. The van der Waals surface area contributed by atoms with E-state index < -0.39 is 0 Å². The predicted octanol–water partition coefficient (Wildman–Crippen LogP) is 6.55. The van der Waals surface area contributed by atoms with Crippen molar-refractivity contribution in [3.8, 4) is 5.75 Å². The third-order valence-electron chi connectivity index (χ3n) is 4.66. The number of hydrogen-bond acceptors (Lipinski definition) is 2. The van der Waals surface area contributed by atoms with Gasteiger partial charge in [0, 0.05) is 0 Å². The van der Waals surface area contributed by atoms with E-state index in [4.69, 9.17) is 4.74 Å². The first-order chi connectivity index (χ1) is 11.7. The average Bonchev–Trinajstić information content (AvgIpc) is 2.59. The van der Waals surface area contributed by atoms with Crippen LogP contribution in [0.2, 0.25) is 0 Å². The van der Waals surface area contributed by atoms with Crippen LogP contribution in [-0.4, -0.2) is 12.2 Å². The molecular formula is C21H34O2S. The molecule has 1 aromatic carbocycles. The first-order valence-electron chi connectivity index (χ1n) is 9.55. The topological polar surface area (TPSA) is 26.3 Å². The van der Waals surface area contributed by atoms with E-state index in [0.29, 0.717) is 0 Å². The average molecular weight is 351 g/mol. The highest BCUT2D eigenvalue weighted by Crippen LogP contribution is 2.27. The SMILES string of the molecule is CCCCCCCCCCCCC(C(=O)S)c1ccc(OC)cc1. The summed E-state index contributed by atoms with van der Waals surface area (Å²) in [6.45, 7) is 2.26. The van der Waals surface area contributed by atoms with Gasteiger partial charge in [0.2, 0.25) is 0 Å². The van der Waals surface area contributed by atoms with Crippen molar-refractivity contribution >= 4 is 17.7 Å². The molecule has 0 aliphatic carbocycles. The molecule has 0 saturated carbocycles. The molecular weight excluding hydrogens is 316 g/mol. The monoisotopic (exact) mass is 350 g/mol. The summed E-state index contributed by atoms with van der Waals surface area (Å²) in [5, 5.41) is -0.0314. The molecule has 0 aliphatic rings. The minimum Gasteiger partial charge on any atom is -0.497 e. The molecule has 0 radical (unpaired) electrons. The van der Waals surface area contributed by atoms with E-state index in [1.807, 2.05) is 24.3 Å². The second kappa shape index (κ2) is 13.3. The number of rotatable bonds is 14. The fourth-order valence-electron chi connectivity index (χ4n) is 3.10. The summed E-state index contributed by atoms with van der Waals surface area (Å²) in [5.74, 6) is 0.733. The molecule has 1 aromatic rings. The molecule has 2 nitrogen and oxygen atoms in total. The molecule has 0 heterocycles. The zero-order valence-electron chi connectivity index (χ0n) is 15.4. The summed E-state index contributed by atoms with van der Waals surface area (Å²) in [6.07, 6.45) is 14.0. The first kappa shape index (κ1) is 21.1. The molecule has 24 heavy (non-hydrogen) atoms. The van der Waals surface area contributed by atoms with Crippen molar-refractivity contribution in [2.24, 2.45) is 0 Å². The van der Waals surface area contributed by atoms with Crippen molar-refractivity contribution in [3.63, 3.8) is 0 Å². The Hall–Kier alpha value is -0.960. The molecule has 1 atom stereocenters. The van der Waals surface area contributed by atoms with Gasteiger partial charge in [0.05, 0.1) is 13.0 Å². The van der Waals surface area contributed by atoms with E-state index in [2.05, 4.69) is 19.6 Å². The molecule has 0 N–H and O–H groups in total. The fourth-order valence-corrected chi connectivity index (χ4v) is 3.38. The van der Waals surface area contributed by atoms with Crippen molar-refractivity contribution in [3.05, 3.63) is 29.8 Å². The van der Waals surface area contributed by atoms with Crippen LogP contribution >= 0.6 is 12.6 Å². The Morgan fingerprint density at radius 1 is 0.917 bits per heavy atom. The Balaban J connectivity index is 2.19. The fraction of sp³-hybridized carbons (Fsp3) is 0.667. The number of thiol groups is 1. The molecule has 3 heteroatoms. The third-order valence-corrected chi connectivity index (χ3v) is 4.97. The maximum absolute atomic E-state index is 11.8. The smallest absolute Gasteiger partial charge is 0.193 e. The summed E-state index contributed by atoms with van der Waals surface area (Å²) >= 11 is 4.08. The van der Waals surface area contributed by atoms with Crippen LogP contribution in [0.15, 0.2) is 24.3 Å². The molecule has 0 fully saturated rings. The van der Waals surface area contributed by atoms with Gasteiger partial charge in [-0.05, 0) is 24.1 Å². The number of carbonyl (C=O) groups excluding carboxylic acids is 1. The van der Waals surface area contributed by atoms with E-state index in [-0.39, 0.29) is 11.0 Å². The molecule has 0 saturated heterocycles. The number of carbonyl (C=O) groups is 1. The van der Waals surface area contributed by atoms with Crippen molar-refractivity contribution in [1.29, 1.82) is 0 Å². The summed E-state index contributed by atoms with van der Waals surface area (Å²) in [4.78, 5) is 11.8. The van der Waals surface area contributed by atoms with Gasteiger partial charge in [-0.1, -0.05) is 83.3 Å². The van der Waals surface area contributed by atoms with Crippen LogP contribution in [0.3, 0.4) is 0 Å². The number of ether oxygens (including phenoxy) is 1. The molecule has 136 valence electrons. The molecule has 0 spiro atoms. The van der Waals surface area contributed by atoms with Gasteiger partial charge in [0.25, 0.3) is 0 Å². The Labute approximate surface area is 153 Å². The van der Waals surface area contributed by atoms with Gasteiger partial charge in [-0.25, -0.2) is 0 Å². The minimum atomic E-state index is -0.0896. The molecule has 1 unspecified atom stereocenters. The van der Waals surface area contributed by atoms with Gasteiger partial charge in [-0.3, -0.25) is 4.79 Å². The Bertz CT molecular complexity index is 442. The lowest BCUT2D eigenvalue weighted by molar-refractivity contribution is -0.112. The van der Waals surface area contributed by atoms with Crippen LogP contribution in [0.25, 0.3) is 0 Å². The van der Waals surface area contributed by atoms with Crippen molar-refractivity contribution < 1.29 is 9.53 Å². The van der Waals surface area contributed by atoms with Crippen LogP contribution in [0.5, 0.6) is 5.75 Å². The van der Waals surface area contributed by atoms with Crippen LogP contribution < -0.4 is 4.74 Å². The van der Waals surface area contributed by atoms with Crippen molar-refractivity contribution in [2.75, 3.05) is 7.11 Å². The second-order valence-electron chi connectivity index (χ2n) is 6.63. The van der Waals surface area contributed by atoms with Gasteiger partial charge in [0.15, 0.2) is 5.12 Å². The summed E-state index contributed by atoms with van der Waals surface area (Å²) in [6, 6.07) is 7.79. The Kier molecular flexibility index (Phi) is 11.7. The lowest BCUT2D eigenvalue weighted by atomic mass is 9.93. The first-order valence-corrected chi connectivity index (χ1v) is 10.0. The maximum atomic E-state index is 11.8. The van der Waals surface area contributed by atoms with Gasteiger partial charge in [0.1, 0.15) is 5.75 Å².